The molecule has 0 atom stereocenters. The highest BCUT2D eigenvalue weighted by Crippen LogP contribution is 2.17. The van der Waals surface area contributed by atoms with E-state index in [0.29, 0.717) is 12.1 Å². The van der Waals surface area contributed by atoms with E-state index in [2.05, 4.69) is 10.6 Å². The smallest absolute Gasteiger partial charge is 0.254 e. The molecular weight excluding hydrogens is 266 g/mol. The van der Waals surface area contributed by atoms with E-state index in [1.165, 1.54) is 11.1 Å². The van der Waals surface area contributed by atoms with Crippen molar-refractivity contribution in [3.8, 4) is 0 Å². The minimum absolute atomic E-state index is 0.0752. The minimum Gasteiger partial charge on any atom is -0.358 e. The molecule has 0 fully saturated rings. The molecule has 2 rings (SSSR count). The van der Waals surface area contributed by atoms with Crippen molar-refractivity contribution in [3.63, 3.8) is 0 Å². The van der Waals surface area contributed by atoms with Gasteiger partial charge in [-0.2, -0.15) is 0 Å². The molecule has 5 heteroatoms. The Morgan fingerprint density at radius 1 is 1.33 bits per heavy atom. The van der Waals surface area contributed by atoms with Crippen molar-refractivity contribution < 1.29 is 9.59 Å². The average Bonchev–Trinajstić information content (AvgIpc) is 2.53. The number of rotatable bonds is 5. The number of amides is 2. The molecule has 0 bridgehead atoms. The zero-order valence-electron chi connectivity index (χ0n) is 12.7. The average molecular weight is 289 g/mol. The van der Waals surface area contributed by atoms with Gasteiger partial charge in [0.25, 0.3) is 5.91 Å². The van der Waals surface area contributed by atoms with Crippen molar-refractivity contribution in [1.82, 2.24) is 15.5 Å². The zero-order chi connectivity index (χ0) is 15.2. The Morgan fingerprint density at radius 3 is 2.86 bits per heavy atom. The molecule has 1 heterocycles. The van der Waals surface area contributed by atoms with Gasteiger partial charge < -0.3 is 15.5 Å². The van der Waals surface area contributed by atoms with E-state index >= 15 is 0 Å². The van der Waals surface area contributed by atoms with Gasteiger partial charge in [-0.05, 0) is 42.6 Å². The molecule has 1 aromatic rings. The van der Waals surface area contributed by atoms with E-state index in [1.807, 2.05) is 25.1 Å². The number of hydrogen-bond donors (Lipinski definition) is 2. The predicted octanol–water partition coefficient (Wildman–Crippen LogP) is 0.930. The molecule has 0 spiro atoms. The molecule has 0 aromatic heterocycles. The van der Waals surface area contributed by atoms with Crippen LogP contribution in [0.3, 0.4) is 0 Å². The third-order valence-electron chi connectivity index (χ3n) is 3.73. The van der Waals surface area contributed by atoms with Crippen LogP contribution in [-0.4, -0.2) is 43.4 Å². The summed E-state index contributed by atoms with van der Waals surface area (Å²) >= 11 is 0. The summed E-state index contributed by atoms with van der Waals surface area (Å²) in [7, 11) is 1.58. The monoisotopic (exact) mass is 289 g/mol. The molecule has 5 nitrogen and oxygen atoms in total. The number of nitrogens with one attached hydrogen (secondary N) is 2. The lowest BCUT2D eigenvalue weighted by Gasteiger charge is -2.23. The van der Waals surface area contributed by atoms with Crippen molar-refractivity contribution >= 4 is 11.8 Å². The third-order valence-corrected chi connectivity index (χ3v) is 3.73. The fourth-order valence-corrected chi connectivity index (χ4v) is 2.57. The van der Waals surface area contributed by atoms with Crippen molar-refractivity contribution in [1.29, 1.82) is 0 Å². The van der Waals surface area contributed by atoms with E-state index in [-0.39, 0.29) is 18.4 Å². The van der Waals surface area contributed by atoms with Crippen LogP contribution in [-0.2, 0) is 17.8 Å². The van der Waals surface area contributed by atoms with E-state index < -0.39 is 0 Å². The molecule has 114 valence electrons. The fourth-order valence-electron chi connectivity index (χ4n) is 2.57. The molecule has 1 aromatic carbocycles. The van der Waals surface area contributed by atoms with Crippen LogP contribution in [0.4, 0.5) is 0 Å². The summed E-state index contributed by atoms with van der Waals surface area (Å²) in [6.45, 7) is 4.49. The van der Waals surface area contributed by atoms with E-state index in [4.69, 9.17) is 0 Å². The van der Waals surface area contributed by atoms with E-state index in [0.717, 1.165) is 25.9 Å². The summed E-state index contributed by atoms with van der Waals surface area (Å²) in [6.07, 6.45) is 1.83. The van der Waals surface area contributed by atoms with Crippen LogP contribution < -0.4 is 10.6 Å². The first kappa shape index (κ1) is 15.5. The Kier molecular flexibility index (Phi) is 5.33. The van der Waals surface area contributed by atoms with Crippen LogP contribution in [0.15, 0.2) is 18.2 Å². The number of carbonyl (C=O) groups excluding carboxylic acids is 2. The Balaban J connectivity index is 2.17. The van der Waals surface area contributed by atoms with Crippen LogP contribution in [0.5, 0.6) is 0 Å². The topological polar surface area (TPSA) is 61.4 Å². The molecule has 2 amide bonds. The number of benzene rings is 1. The number of fused-ring (bicyclic) bond motifs is 1. The lowest BCUT2D eigenvalue weighted by atomic mass is 9.98. The second-order valence-corrected chi connectivity index (χ2v) is 5.31. The molecule has 2 N–H and O–H groups in total. The van der Waals surface area contributed by atoms with Gasteiger partial charge in [-0.25, -0.2) is 0 Å². The second kappa shape index (κ2) is 7.22. The summed E-state index contributed by atoms with van der Waals surface area (Å²) in [5, 5.41) is 5.88. The Labute approximate surface area is 125 Å². The normalized spacial score (nSPS) is 13.4. The summed E-state index contributed by atoms with van der Waals surface area (Å²) in [5.41, 5.74) is 3.15. The van der Waals surface area contributed by atoms with Gasteiger partial charge in [0.05, 0.1) is 6.54 Å². The number of carbonyl (C=O) groups is 2. The van der Waals surface area contributed by atoms with Crippen molar-refractivity contribution in [2.24, 2.45) is 0 Å². The van der Waals surface area contributed by atoms with Gasteiger partial charge in [-0.1, -0.05) is 13.0 Å². The molecule has 0 saturated carbocycles. The van der Waals surface area contributed by atoms with Crippen LogP contribution >= 0.6 is 0 Å². The highest BCUT2D eigenvalue weighted by atomic mass is 16.2. The van der Waals surface area contributed by atoms with Crippen molar-refractivity contribution in [3.05, 3.63) is 34.9 Å². The number of nitrogens with zero attached hydrogens (tertiary/aromatic N) is 1. The standard InChI is InChI=1S/C16H23N3O2/c1-3-8-19(11-15(20)17-2)16(21)13-5-4-12-6-7-18-10-14(12)9-13/h4-5,9,18H,3,6-8,10-11H2,1-2H3,(H,17,20). The van der Waals surface area contributed by atoms with Crippen LogP contribution in [0.2, 0.25) is 0 Å². The Bertz CT molecular complexity index is 528. The first-order chi connectivity index (χ1) is 10.2. The predicted molar refractivity (Wildman–Crippen MR) is 82.1 cm³/mol. The molecule has 0 radical (unpaired) electrons. The molecule has 1 aliphatic rings. The first-order valence-electron chi connectivity index (χ1n) is 7.48. The Morgan fingerprint density at radius 2 is 2.14 bits per heavy atom. The molecule has 21 heavy (non-hydrogen) atoms. The summed E-state index contributed by atoms with van der Waals surface area (Å²) < 4.78 is 0. The summed E-state index contributed by atoms with van der Waals surface area (Å²) in [6, 6.07) is 5.86. The maximum absolute atomic E-state index is 12.6. The van der Waals surface area contributed by atoms with Crippen molar-refractivity contribution in [2.75, 3.05) is 26.7 Å². The summed E-state index contributed by atoms with van der Waals surface area (Å²) in [5.74, 6) is -0.217. The fraction of sp³-hybridized carbons (Fsp3) is 0.500. The Hall–Kier alpha value is -1.88. The number of hydrogen-bond acceptors (Lipinski definition) is 3. The molecule has 0 aliphatic carbocycles. The minimum atomic E-state index is -0.142. The molecular formula is C16H23N3O2. The maximum atomic E-state index is 12.6. The molecule has 0 unspecified atom stereocenters. The van der Waals surface area contributed by atoms with Crippen LogP contribution in [0.25, 0.3) is 0 Å². The van der Waals surface area contributed by atoms with Crippen LogP contribution in [0.1, 0.15) is 34.8 Å². The van der Waals surface area contributed by atoms with E-state index in [9.17, 15) is 9.59 Å². The first-order valence-corrected chi connectivity index (χ1v) is 7.48. The van der Waals surface area contributed by atoms with Gasteiger partial charge in [0.15, 0.2) is 0 Å². The van der Waals surface area contributed by atoms with E-state index in [1.54, 1.807) is 11.9 Å². The highest BCUT2D eigenvalue weighted by Gasteiger charge is 2.19. The largest absolute Gasteiger partial charge is 0.358 e. The lowest BCUT2D eigenvalue weighted by Crippen LogP contribution is -2.40. The summed E-state index contributed by atoms with van der Waals surface area (Å²) in [4.78, 5) is 25.8. The maximum Gasteiger partial charge on any atom is 0.254 e. The SMILES string of the molecule is CCCN(CC(=O)NC)C(=O)c1ccc2c(c1)CNCC2. The highest BCUT2D eigenvalue weighted by molar-refractivity contribution is 5.96. The van der Waals surface area contributed by atoms with Gasteiger partial charge in [-0.3, -0.25) is 9.59 Å². The van der Waals surface area contributed by atoms with Crippen LogP contribution in [0, 0.1) is 0 Å². The third kappa shape index (κ3) is 3.82. The zero-order valence-corrected chi connectivity index (χ0v) is 12.7. The van der Waals surface area contributed by atoms with Gasteiger partial charge in [0, 0.05) is 25.7 Å². The second-order valence-electron chi connectivity index (χ2n) is 5.31. The molecule has 1 aliphatic heterocycles. The molecule has 0 saturated heterocycles. The van der Waals surface area contributed by atoms with Crippen molar-refractivity contribution in [2.45, 2.75) is 26.3 Å². The number of likely N-dealkylation sites (N-methyl/N-ethyl adjacent to an activating group) is 1. The van der Waals surface area contributed by atoms with Gasteiger partial charge in [-0.15, -0.1) is 0 Å². The lowest BCUT2D eigenvalue weighted by molar-refractivity contribution is -0.121. The van der Waals surface area contributed by atoms with Gasteiger partial charge in [0.2, 0.25) is 5.91 Å². The van der Waals surface area contributed by atoms with Gasteiger partial charge >= 0.3 is 0 Å². The van der Waals surface area contributed by atoms with Gasteiger partial charge in [0.1, 0.15) is 0 Å². The quantitative estimate of drug-likeness (QED) is 0.848.